The van der Waals surface area contributed by atoms with E-state index in [0.29, 0.717) is 13.0 Å². The van der Waals surface area contributed by atoms with Gasteiger partial charge in [-0.3, -0.25) is 4.79 Å². The maximum Gasteiger partial charge on any atom is 0.251 e. The molecule has 0 aromatic heterocycles. The normalized spacial score (nSPS) is 15.6. The average Bonchev–Trinajstić information content (AvgIpc) is 2.12. The van der Waals surface area contributed by atoms with Crippen molar-refractivity contribution in [2.24, 2.45) is 5.73 Å². The van der Waals surface area contributed by atoms with Crippen LogP contribution in [0.3, 0.4) is 0 Å². The van der Waals surface area contributed by atoms with Gasteiger partial charge in [-0.1, -0.05) is 0 Å². The lowest BCUT2D eigenvalue weighted by Crippen LogP contribution is -2.56. The van der Waals surface area contributed by atoms with Crippen LogP contribution in [0.5, 0.6) is 0 Å². The molecule has 0 aliphatic rings. The third-order valence-electron chi connectivity index (χ3n) is 2.59. The maximum absolute atomic E-state index is 12.1. The molecule has 0 saturated heterocycles. The standard InChI is InChI=1S/C11H23F2N3O/c1-8(2)15-11(3,10(14)17)5-6-16(4)7-9(12)13/h8-9,15H,5-7H2,1-4H3,(H2,14,17). The zero-order valence-electron chi connectivity index (χ0n) is 11.0. The lowest BCUT2D eigenvalue weighted by Gasteiger charge is -2.31. The molecule has 6 heteroatoms. The van der Waals surface area contributed by atoms with E-state index < -0.39 is 17.9 Å². The Hall–Kier alpha value is -0.750. The van der Waals surface area contributed by atoms with E-state index in [4.69, 9.17) is 5.73 Å². The molecule has 0 fully saturated rings. The minimum atomic E-state index is -2.36. The number of primary amides is 1. The van der Waals surface area contributed by atoms with Crippen LogP contribution in [0.15, 0.2) is 0 Å². The van der Waals surface area contributed by atoms with Gasteiger partial charge in [0, 0.05) is 12.6 Å². The summed E-state index contributed by atoms with van der Waals surface area (Å²) in [5.41, 5.74) is 4.48. The van der Waals surface area contributed by atoms with Crippen LogP contribution in [0, 0.1) is 0 Å². The van der Waals surface area contributed by atoms with Gasteiger partial charge in [-0.05, 0) is 34.2 Å². The van der Waals surface area contributed by atoms with Gasteiger partial charge < -0.3 is 16.0 Å². The Kier molecular flexibility index (Phi) is 6.56. The Morgan fingerprint density at radius 3 is 2.35 bits per heavy atom. The quantitative estimate of drug-likeness (QED) is 0.671. The number of nitrogens with one attached hydrogen (secondary N) is 1. The maximum atomic E-state index is 12.1. The van der Waals surface area contributed by atoms with Crippen LogP contribution in [0.25, 0.3) is 0 Å². The third-order valence-corrected chi connectivity index (χ3v) is 2.59. The minimum Gasteiger partial charge on any atom is -0.368 e. The fourth-order valence-electron chi connectivity index (χ4n) is 1.64. The fraction of sp³-hybridized carbons (Fsp3) is 0.909. The molecule has 0 rings (SSSR count). The number of hydrogen-bond donors (Lipinski definition) is 2. The van der Waals surface area contributed by atoms with Crippen molar-refractivity contribution in [2.45, 2.75) is 45.2 Å². The van der Waals surface area contributed by atoms with E-state index >= 15 is 0 Å². The highest BCUT2D eigenvalue weighted by Crippen LogP contribution is 2.11. The molecule has 0 aliphatic carbocycles. The molecular formula is C11H23F2N3O. The van der Waals surface area contributed by atoms with E-state index in [0.717, 1.165) is 0 Å². The summed E-state index contributed by atoms with van der Waals surface area (Å²) in [7, 11) is 1.60. The Balaban J connectivity index is 4.31. The van der Waals surface area contributed by atoms with Crippen LogP contribution in [0.4, 0.5) is 8.78 Å². The molecule has 0 radical (unpaired) electrons. The van der Waals surface area contributed by atoms with Crippen molar-refractivity contribution in [2.75, 3.05) is 20.1 Å². The van der Waals surface area contributed by atoms with Gasteiger partial charge in [0.15, 0.2) is 0 Å². The van der Waals surface area contributed by atoms with Crippen LogP contribution in [0.2, 0.25) is 0 Å². The molecule has 1 unspecified atom stereocenters. The van der Waals surface area contributed by atoms with Crippen LogP contribution in [-0.4, -0.2) is 49.0 Å². The smallest absolute Gasteiger partial charge is 0.251 e. The number of halogens is 2. The van der Waals surface area contributed by atoms with E-state index in [1.54, 1.807) is 14.0 Å². The third kappa shape index (κ3) is 6.53. The van der Waals surface area contributed by atoms with E-state index in [-0.39, 0.29) is 12.6 Å². The minimum absolute atomic E-state index is 0.105. The highest BCUT2D eigenvalue weighted by atomic mass is 19.3. The molecule has 1 atom stereocenters. The second-order valence-corrected chi connectivity index (χ2v) is 4.90. The molecule has 0 bridgehead atoms. The van der Waals surface area contributed by atoms with Gasteiger partial charge in [0.2, 0.25) is 5.91 Å². The predicted octanol–water partition coefficient (Wildman–Crippen LogP) is 0.815. The predicted molar refractivity (Wildman–Crippen MR) is 64.0 cm³/mol. The summed E-state index contributed by atoms with van der Waals surface area (Å²) >= 11 is 0. The Morgan fingerprint density at radius 2 is 2.00 bits per heavy atom. The summed E-state index contributed by atoms with van der Waals surface area (Å²) in [6, 6.07) is 0.105. The second kappa shape index (κ2) is 6.86. The van der Waals surface area contributed by atoms with E-state index in [2.05, 4.69) is 5.32 Å². The van der Waals surface area contributed by atoms with Crippen LogP contribution < -0.4 is 11.1 Å². The summed E-state index contributed by atoms with van der Waals surface area (Å²) in [4.78, 5) is 12.9. The van der Waals surface area contributed by atoms with Crippen molar-refractivity contribution in [3.8, 4) is 0 Å². The summed E-state index contributed by atoms with van der Waals surface area (Å²) in [6.45, 7) is 5.61. The van der Waals surface area contributed by atoms with Crippen LogP contribution >= 0.6 is 0 Å². The zero-order chi connectivity index (χ0) is 13.6. The van der Waals surface area contributed by atoms with Gasteiger partial charge in [-0.25, -0.2) is 8.78 Å². The molecule has 17 heavy (non-hydrogen) atoms. The first kappa shape index (κ1) is 16.2. The number of nitrogens with zero attached hydrogens (tertiary/aromatic N) is 1. The van der Waals surface area contributed by atoms with Crippen molar-refractivity contribution >= 4 is 5.91 Å². The Bertz CT molecular complexity index is 249. The van der Waals surface area contributed by atoms with Gasteiger partial charge >= 0.3 is 0 Å². The van der Waals surface area contributed by atoms with Gasteiger partial charge in [0.25, 0.3) is 6.43 Å². The summed E-state index contributed by atoms with van der Waals surface area (Å²) < 4.78 is 24.2. The van der Waals surface area contributed by atoms with Gasteiger partial charge in [0.1, 0.15) is 0 Å². The number of rotatable bonds is 8. The van der Waals surface area contributed by atoms with E-state index in [1.807, 2.05) is 13.8 Å². The monoisotopic (exact) mass is 251 g/mol. The Morgan fingerprint density at radius 1 is 1.47 bits per heavy atom. The molecule has 0 aliphatic heterocycles. The fourth-order valence-corrected chi connectivity index (χ4v) is 1.64. The van der Waals surface area contributed by atoms with Crippen molar-refractivity contribution in [1.82, 2.24) is 10.2 Å². The molecule has 3 N–H and O–H groups in total. The first-order valence-electron chi connectivity index (χ1n) is 5.71. The van der Waals surface area contributed by atoms with Crippen molar-refractivity contribution in [3.05, 3.63) is 0 Å². The zero-order valence-corrected chi connectivity index (χ0v) is 11.0. The highest BCUT2D eigenvalue weighted by Gasteiger charge is 2.31. The molecule has 102 valence electrons. The molecule has 1 amide bonds. The SMILES string of the molecule is CC(C)NC(C)(CCN(C)CC(F)F)C(N)=O. The number of carbonyl (C=O) groups excluding carboxylic acids is 1. The first-order valence-corrected chi connectivity index (χ1v) is 5.71. The lowest BCUT2D eigenvalue weighted by molar-refractivity contribution is -0.124. The Labute approximate surface area is 102 Å². The number of hydrogen-bond acceptors (Lipinski definition) is 3. The van der Waals surface area contributed by atoms with E-state index in [1.165, 1.54) is 4.90 Å². The van der Waals surface area contributed by atoms with Gasteiger partial charge in [-0.2, -0.15) is 0 Å². The number of amides is 1. The van der Waals surface area contributed by atoms with Crippen molar-refractivity contribution in [3.63, 3.8) is 0 Å². The van der Waals surface area contributed by atoms with E-state index in [9.17, 15) is 13.6 Å². The highest BCUT2D eigenvalue weighted by molar-refractivity contribution is 5.84. The van der Waals surface area contributed by atoms with Crippen LogP contribution in [-0.2, 0) is 4.79 Å². The molecule has 0 saturated carbocycles. The molecule has 0 heterocycles. The number of carbonyl (C=O) groups is 1. The molecule has 0 spiro atoms. The van der Waals surface area contributed by atoms with Gasteiger partial charge in [0.05, 0.1) is 12.1 Å². The molecule has 0 aromatic rings. The first-order chi connectivity index (χ1) is 7.67. The number of alkyl halides is 2. The topological polar surface area (TPSA) is 58.4 Å². The van der Waals surface area contributed by atoms with Crippen molar-refractivity contribution < 1.29 is 13.6 Å². The second-order valence-electron chi connectivity index (χ2n) is 4.90. The molecule has 4 nitrogen and oxygen atoms in total. The number of nitrogens with two attached hydrogens (primary N) is 1. The molecular weight excluding hydrogens is 228 g/mol. The molecule has 0 aromatic carbocycles. The summed E-state index contributed by atoms with van der Waals surface area (Å²) in [5, 5.41) is 3.08. The van der Waals surface area contributed by atoms with Gasteiger partial charge in [-0.15, -0.1) is 0 Å². The summed E-state index contributed by atoms with van der Waals surface area (Å²) in [6.07, 6.45) is -1.96. The van der Waals surface area contributed by atoms with Crippen molar-refractivity contribution in [1.29, 1.82) is 0 Å². The van der Waals surface area contributed by atoms with Crippen LogP contribution in [0.1, 0.15) is 27.2 Å². The average molecular weight is 251 g/mol. The lowest BCUT2D eigenvalue weighted by atomic mass is 9.95. The largest absolute Gasteiger partial charge is 0.368 e. The summed E-state index contributed by atoms with van der Waals surface area (Å²) in [5.74, 6) is -0.461.